The molecule has 1 N–H and O–H groups in total. The van der Waals surface area contributed by atoms with Crippen molar-refractivity contribution < 1.29 is 23.0 Å². The van der Waals surface area contributed by atoms with Crippen LogP contribution < -0.4 is 4.74 Å². The van der Waals surface area contributed by atoms with Crippen molar-refractivity contribution in [2.75, 3.05) is 6.61 Å². The molecule has 1 aliphatic rings. The van der Waals surface area contributed by atoms with Crippen LogP contribution in [-0.4, -0.2) is 11.7 Å². The van der Waals surface area contributed by atoms with E-state index in [0.717, 1.165) is 31.2 Å². The van der Waals surface area contributed by atoms with Crippen LogP contribution in [0.3, 0.4) is 0 Å². The molecule has 2 aromatic rings. The summed E-state index contributed by atoms with van der Waals surface area (Å²) in [6.45, 7) is 6.00. The molecule has 174 valence electrons. The fourth-order valence-electron chi connectivity index (χ4n) is 4.62. The minimum absolute atomic E-state index is 0.0315. The van der Waals surface area contributed by atoms with Gasteiger partial charge in [-0.05, 0) is 80.0 Å². The van der Waals surface area contributed by atoms with Gasteiger partial charge in [0.25, 0.3) is 0 Å². The van der Waals surface area contributed by atoms with Crippen LogP contribution in [0.4, 0.5) is 13.2 Å². The number of hydrogen-bond acceptors (Lipinski definition) is 2. The van der Waals surface area contributed by atoms with Gasteiger partial charge in [0, 0.05) is 5.56 Å². The van der Waals surface area contributed by atoms with E-state index in [-0.39, 0.29) is 29.0 Å². The van der Waals surface area contributed by atoms with E-state index in [1.165, 1.54) is 12.1 Å². The topological polar surface area (TPSA) is 29.5 Å². The van der Waals surface area contributed by atoms with Gasteiger partial charge in [-0.3, -0.25) is 0 Å². The Morgan fingerprint density at radius 2 is 1.78 bits per heavy atom. The van der Waals surface area contributed by atoms with Crippen LogP contribution in [-0.2, 0) is 0 Å². The second kappa shape index (κ2) is 11.6. The Labute approximate surface area is 189 Å². The van der Waals surface area contributed by atoms with E-state index in [4.69, 9.17) is 4.74 Å². The van der Waals surface area contributed by atoms with E-state index in [0.29, 0.717) is 37.9 Å². The summed E-state index contributed by atoms with van der Waals surface area (Å²) in [5, 5.41) is 10.1. The van der Waals surface area contributed by atoms with Crippen molar-refractivity contribution in [3.63, 3.8) is 0 Å². The highest BCUT2D eigenvalue weighted by Crippen LogP contribution is 2.42. The van der Waals surface area contributed by atoms with Crippen molar-refractivity contribution in [2.24, 2.45) is 0 Å². The number of unbranched alkanes of at least 4 members (excludes halogenated alkanes) is 1. The van der Waals surface area contributed by atoms with Crippen LogP contribution in [0.25, 0.3) is 0 Å². The fourth-order valence-corrected chi connectivity index (χ4v) is 4.62. The third kappa shape index (κ3) is 5.74. The van der Waals surface area contributed by atoms with Crippen LogP contribution in [0.15, 0.2) is 43.0 Å². The van der Waals surface area contributed by atoms with Crippen LogP contribution >= 0.6 is 0 Å². The highest BCUT2D eigenvalue weighted by atomic mass is 19.2. The van der Waals surface area contributed by atoms with E-state index < -0.39 is 17.7 Å². The number of ether oxygens (including phenoxy) is 1. The smallest absolute Gasteiger partial charge is 0.165 e. The SMILES string of the molecule is C=CCCCOc1ccc(C2CCC(c3ccc(C(O)CCC)c(F)c3F)CC2)cc1F. The average molecular weight is 447 g/mol. The maximum Gasteiger partial charge on any atom is 0.165 e. The Bertz CT molecular complexity index is 904. The molecule has 1 atom stereocenters. The number of allylic oxidation sites excluding steroid dienone is 1. The molecule has 5 heteroatoms. The second-order valence-electron chi connectivity index (χ2n) is 8.69. The maximum absolute atomic E-state index is 14.8. The second-order valence-corrected chi connectivity index (χ2v) is 8.69. The highest BCUT2D eigenvalue weighted by molar-refractivity contribution is 5.33. The van der Waals surface area contributed by atoms with Gasteiger partial charge in [-0.1, -0.05) is 37.6 Å². The van der Waals surface area contributed by atoms with Crippen LogP contribution in [0.1, 0.15) is 92.9 Å². The van der Waals surface area contributed by atoms with Crippen LogP contribution in [0.5, 0.6) is 5.75 Å². The summed E-state index contributed by atoms with van der Waals surface area (Å²) in [7, 11) is 0. The Balaban J connectivity index is 1.62. The van der Waals surface area contributed by atoms with Gasteiger partial charge >= 0.3 is 0 Å². The minimum atomic E-state index is -0.983. The Morgan fingerprint density at radius 3 is 2.44 bits per heavy atom. The summed E-state index contributed by atoms with van der Waals surface area (Å²) < 4.78 is 49.3. The van der Waals surface area contributed by atoms with Gasteiger partial charge in [0.15, 0.2) is 23.2 Å². The van der Waals surface area contributed by atoms with Gasteiger partial charge in [-0.15, -0.1) is 6.58 Å². The van der Waals surface area contributed by atoms with Gasteiger partial charge in [0.05, 0.1) is 12.7 Å². The largest absolute Gasteiger partial charge is 0.491 e. The average Bonchev–Trinajstić information content (AvgIpc) is 2.79. The van der Waals surface area contributed by atoms with Crippen molar-refractivity contribution in [1.29, 1.82) is 0 Å². The molecule has 0 radical (unpaired) electrons. The predicted molar refractivity (Wildman–Crippen MR) is 122 cm³/mol. The van der Waals surface area contributed by atoms with E-state index in [1.807, 2.05) is 19.1 Å². The summed E-state index contributed by atoms with van der Waals surface area (Å²) in [6.07, 6.45) is 6.52. The van der Waals surface area contributed by atoms with Crippen molar-refractivity contribution in [2.45, 2.75) is 76.2 Å². The lowest BCUT2D eigenvalue weighted by Crippen LogP contribution is -2.15. The molecule has 0 amide bonds. The first-order chi connectivity index (χ1) is 15.5. The number of hydrogen-bond donors (Lipinski definition) is 1. The Morgan fingerprint density at radius 1 is 1.06 bits per heavy atom. The molecule has 1 fully saturated rings. The molecule has 1 saturated carbocycles. The van der Waals surface area contributed by atoms with Gasteiger partial charge in [0.2, 0.25) is 0 Å². The molecule has 3 rings (SSSR count). The summed E-state index contributed by atoms with van der Waals surface area (Å²) in [6, 6.07) is 8.26. The van der Waals surface area contributed by atoms with Gasteiger partial charge in [-0.25, -0.2) is 13.2 Å². The fraction of sp³-hybridized carbons (Fsp3) is 0.481. The van der Waals surface area contributed by atoms with Gasteiger partial charge in [-0.2, -0.15) is 0 Å². The van der Waals surface area contributed by atoms with Crippen LogP contribution in [0, 0.1) is 17.5 Å². The van der Waals surface area contributed by atoms with E-state index in [2.05, 4.69) is 6.58 Å². The molecule has 1 unspecified atom stereocenters. The van der Waals surface area contributed by atoms with Gasteiger partial charge in [0.1, 0.15) is 0 Å². The highest BCUT2D eigenvalue weighted by Gasteiger charge is 2.28. The molecule has 0 heterocycles. The molecule has 0 aliphatic heterocycles. The van der Waals surface area contributed by atoms with Crippen molar-refractivity contribution in [3.8, 4) is 5.75 Å². The zero-order valence-electron chi connectivity index (χ0n) is 18.8. The lowest BCUT2D eigenvalue weighted by atomic mass is 9.76. The molecular weight excluding hydrogens is 413 g/mol. The quantitative estimate of drug-likeness (QED) is 0.299. The third-order valence-corrected chi connectivity index (χ3v) is 6.47. The summed E-state index contributed by atoms with van der Waals surface area (Å²) in [5.74, 6) is -1.77. The first-order valence-corrected chi connectivity index (χ1v) is 11.6. The number of halogens is 3. The lowest BCUT2D eigenvalue weighted by molar-refractivity contribution is 0.160. The monoisotopic (exact) mass is 446 g/mol. The van der Waals surface area contributed by atoms with Gasteiger partial charge < -0.3 is 9.84 Å². The lowest BCUT2D eigenvalue weighted by Gasteiger charge is -2.30. The molecule has 0 saturated heterocycles. The van der Waals surface area contributed by atoms with Crippen molar-refractivity contribution in [3.05, 3.63) is 77.1 Å². The third-order valence-electron chi connectivity index (χ3n) is 6.47. The molecule has 32 heavy (non-hydrogen) atoms. The molecule has 2 nitrogen and oxygen atoms in total. The molecule has 0 spiro atoms. The summed E-state index contributed by atoms with van der Waals surface area (Å²) in [5.41, 5.74) is 1.33. The van der Waals surface area contributed by atoms with Crippen molar-refractivity contribution in [1.82, 2.24) is 0 Å². The predicted octanol–water partition coefficient (Wildman–Crippen LogP) is 7.72. The molecule has 2 aromatic carbocycles. The number of benzene rings is 2. The normalized spacial score (nSPS) is 19.5. The van der Waals surface area contributed by atoms with Crippen molar-refractivity contribution >= 4 is 0 Å². The van der Waals surface area contributed by atoms with Crippen LogP contribution in [0.2, 0.25) is 0 Å². The zero-order chi connectivity index (χ0) is 23.1. The zero-order valence-corrected chi connectivity index (χ0v) is 18.8. The Kier molecular flexibility index (Phi) is 8.80. The summed E-state index contributed by atoms with van der Waals surface area (Å²) >= 11 is 0. The number of rotatable bonds is 10. The Hall–Kier alpha value is -2.27. The maximum atomic E-state index is 14.8. The van der Waals surface area contributed by atoms with E-state index in [9.17, 15) is 18.3 Å². The molecular formula is C27H33F3O2. The number of aliphatic hydroxyl groups excluding tert-OH is 1. The first-order valence-electron chi connectivity index (χ1n) is 11.6. The minimum Gasteiger partial charge on any atom is -0.491 e. The molecule has 0 bridgehead atoms. The standard InChI is InChI=1S/C27H33F3O2/c1-3-5-6-16-32-25-15-12-20(17-23(25)28)18-8-10-19(11-9-18)21-13-14-22(24(31)7-4-2)27(30)26(21)29/h3,12-15,17-19,24,31H,1,4-11,16H2,2H3. The summed E-state index contributed by atoms with van der Waals surface area (Å²) in [4.78, 5) is 0. The van der Waals surface area contributed by atoms with E-state index in [1.54, 1.807) is 12.1 Å². The van der Waals surface area contributed by atoms with E-state index >= 15 is 0 Å². The first kappa shape index (κ1) is 24.4. The molecule has 1 aliphatic carbocycles. The number of aliphatic hydroxyl groups is 1. The molecule has 0 aromatic heterocycles.